The number of rotatable bonds is 6. The number of carbonyl (C=O) groups excluding carboxylic acids is 1. The van der Waals surface area contributed by atoms with Crippen LogP contribution < -0.4 is 5.32 Å². The first-order chi connectivity index (χ1) is 7.24. The van der Waals surface area contributed by atoms with E-state index in [1.54, 1.807) is 11.8 Å². The van der Waals surface area contributed by atoms with Gasteiger partial charge in [-0.2, -0.15) is 0 Å². The summed E-state index contributed by atoms with van der Waals surface area (Å²) in [4.78, 5) is 11.6. The molecule has 0 aromatic carbocycles. The maximum atomic E-state index is 11.6. The Morgan fingerprint density at radius 2 is 1.94 bits per heavy atom. The molecule has 0 aliphatic carbocycles. The second kappa shape index (κ2) is 7.17. The summed E-state index contributed by atoms with van der Waals surface area (Å²) in [6, 6.07) is -0.104. The summed E-state index contributed by atoms with van der Waals surface area (Å²) in [7, 11) is 0. The van der Waals surface area contributed by atoms with Gasteiger partial charge in [0.05, 0.1) is 18.4 Å². The van der Waals surface area contributed by atoms with Gasteiger partial charge in [0.2, 0.25) is 5.91 Å². The molecule has 0 heterocycles. The van der Waals surface area contributed by atoms with Crippen LogP contribution in [0.4, 0.5) is 0 Å². The summed E-state index contributed by atoms with van der Waals surface area (Å²) >= 11 is 1.62. The van der Waals surface area contributed by atoms with E-state index in [-0.39, 0.29) is 23.3 Å². The summed E-state index contributed by atoms with van der Waals surface area (Å²) in [6.07, 6.45) is 0.822. The van der Waals surface area contributed by atoms with E-state index in [0.717, 1.165) is 6.42 Å². The third kappa shape index (κ3) is 9.04. The Labute approximate surface area is 103 Å². The van der Waals surface area contributed by atoms with Crippen LogP contribution in [0.3, 0.4) is 0 Å². The zero-order valence-electron chi connectivity index (χ0n) is 11.0. The van der Waals surface area contributed by atoms with Gasteiger partial charge in [0.15, 0.2) is 0 Å². The Balaban J connectivity index is 3.92. The van der Waals surface area contributed by atoms with E-state index < -0.39 is 0 Å². The standard InChI is InChI=1S/C12H25NO2S/c1-9(2)6-10(7-14)13-11(15)8-16-12(3,4)5/h9-10,14H,6-8H2,1-5H3,(H,13,15). The molecule has 1 amide bonds. The van der Waals surface area contributed by atoms with Crippen LogP contribution in [0.15, 0.2) is 0 Å². The lowest BCUT2D eigenvalue weighted by atomic mass is 10.0. The summed E-state index contributed by atoms with van der Waals surface area (Å²) in [5.41, 5.74) is 0. The van der Waals surface area contributed by atoms with Crippen molar-refractivity contribution in [3.05, 3.63) is 0 Å². The molecule has 0 rings (SSSR count). The van der Waals surface area contributed by atoms with Crippen LogP contribution in [0.25, 0.3) is 0 Å². The molecule has 1 atom stereocenters. The molecule has 96 valence electrons. The maximum Gasteiger partial charge on any atom is 0.230 e. The van der Waals surface area contributed by atoms with Crippen LogP contribution in [0.5, 0.6) is 0 Å². The zero-order valence-corrected chi connectivity index (χ0v) is 11.9. The van der Waals surface area contributed by atoms with E-state index in [2.05, 4.69) is 39.9 Å². The zero-order chi connectivity index (χ0) is 12.8. The summed E-state index contributed by atoms with van der Waals surface area (Å²) in [5, 5.41) is 12.0. The lowest BCUT2D eigenvalue weighted by Crippen LogP contribution is -2.39. The predicted octanol–water partition coefficient (Wildman–Crippen LogP) is 2.04. The molecule has 0 aliphatic heterocycles. The number of aliphatic hydroxyl groups excluding tert-OH is 1. The number of nitrogens with one attached hydrogen (secondary N) is 1. The number of hydrogen-bond donors (Lipinski definition) is 2. The first-order valence-corrected chi connectivity index (χ1v) is 6.77. The normalized spacial score (nSPS) is 13.9. The molecule has 1 unspecified atom stereocenters. The van der Waals surface area contributed by atoms with Crippen molar-refractivity contribution in [1.82, 2.24) is 5.32 Å². The van der Waals surface area contributed by atoms with Crippen LogP contribution in [0.1, 0.15) is 41.0 Å². The Morgan fingerprint density at radius 3 is 2.31 bits per heavy atom. The summed E-state index contributed by atoms with van der Waals surface area (Å²) in [6.45, 7) is 10.4. The lowest BCUT2D eigenvalue weighted by molar-refractivity contribution is -0.119. The van der Waals surface area contributed by atoms with Crippen LogP contribution in [-0.4, -0.2) is 34.2 Å². The molecule has 4 heteroatoms. The SMILES string of the molecule is CC(C)CC(CO)NC(=O)CSC(C)(C)C. The van der Waals surface area contributed by atoms with Gasteiger partial charge in [-0.3, -0.25) is 4.79 Å². The number of aliphatic hydroxyl groups is 1. The van der Waals surface area contributed by atoms with Crippen LogP contribution in [0, 0.1) is 5.92 Å². The fraction of sp³-hybridized carbons (Fsp3) is 0.917. The highest BCUT2D eigenvalue weighted by molar-refractivity contribution is 8.01. The predicted molar refractivity (Wildman–Crippen MR) is 70.7 cm³/mol. The van der Waals surface area contributed by atoms with Gasteiger partial charge in [0.1, 0.15) is 0 Å². The molecule has 0 fully saturated rings. The van der Waals surface area contributed by atoms with Crippen molar-refractivity contribution in [2.75, 3.05) is 12.4 Å². The minimum Gasteiger partial charge on any atom is -0.394 e. The average Bonchev–Trinajstić information content (AvgIpc) is 2.12. The molecule has 3 nitrogen and oxygen atoms in total. The first kappa shape index (κ1) is 15.8. The van der Waals surface area contributed by atoms with Gasteiger partial charge in [-0.05, 0) is 12.3 Å². The van der Waals surface area contributed by atoms with E-state index in [1.807, 2.05) is 0 Å². The van der Waals surface area contributed by atoms with Crippen molar-refractivity contribution in [3.63, 3.8) is 0 Å². The van der Waals surface area contributed by atoms with Crippen molar-refractivity contribution in [3.8, 4) is 0 Å². The third-order valence-electron chi connectivity index (χ3n) is 1.98. The van der Waals surface area contributed by atoms with Crippen molar-refractivity contribution >= 4 is 17.7 Å². The number of hydrogen-bond acceptors (Lipinski definition) is 3. The van der Waals surface area contributed by atoms with E-state index in [9.17, 15) is 4.79 Å². The van der Waals surface area contributed by atoms with Crippen LogP contribution in [-0.2, 0) is 4.79 Å². The maximum absolute atomic E-state index is 11.6. The molecule has 0 aromatic heterocycles. The minimum atomic E-state index is -0.104. The lowest BCUT2D eigenvalue weighted by Gasteiger charge is -2.20. The Hall–Kier alpha value is -0.220. The highest BCUT2D eigenvalue weighted by atomic mass is 32.2. The molecule has 0 bridgehead atoms. The monoisotopic (exact) mass is 247 g/mol. The third-order valence-corrected chi connectivity index (χ3v) is 3.25. The molecule has 16 heavy (non-hydrogen) atoms. The van der Waals surface area contributed by atoms with Gasteiger partial charge in [-0.25, -0.2) is 0 Å². The van der Waals surface area contributed by atoms with Crippen LogP contribution >= 0.6 is 11.8 Å². The average molecular weight is 247 g/mol. The molecule has 0 radical (unpaired) electrons. The summed E-state index contributed by atoms with van der Waals surface area (Å²) in [5.74, 6) is 0.949. The van der Waals surface area contributed by atoms with Crippen molar-refractivity contribution in [1.29, 1.82) is 0 Å². The van der Waals surface area contributed by atoms with Crippen LogP contribution in [0.2, 0.25) is 0 Å². The molecular formula is C12H25NO2S. The Morgan fingerprint density at radius 1 is 1.38 bits per heavy atom. The first-order valence-electron chi connectivity index (χ1n) is 5.78. The van der Waals surface area contributed by atoms with E-state index in [1.165, 1.54) is 0 Å². The van der Waals surface area contributed by atoms with Gasteiger partial charge in [-0.15, -0.1) is 11.8 Å². The second-order valence-corrected chi connectivity index (χ2v) is 7.28. The van der Waals surface area contributed by atoms with Gasteiger partial charge in [0, 0.05) is 4.75 Å². The summed E-state index contributed by atoms with van der Waals surface area (Å²) < 4.78 is 0.101. The number of thioether (sulfide) groups is 1. The number of amides is 1. The Kier molecular flexibility index (Phi) is 7.07. The fourth-order valence-corrected chi connectivity index (χ4v) is 1.95. The molecular weight excluding hydrogens is 222 g/mol. The molecule has 0 aliphatic rings. The molecule has 2 N–H and O–H groups in total. The molecule has 0 spiro atoms. The Bertz CT molecular complexity index is 212. The smallest absolute Gasteiger partial charge is 0.230 e. The van der Waals surface area contributed by atoms with Crippen molar-refractivity contribution in [2.45, 2.75) is 51.8 Å². The molecule has 0 saturated heterocycles. The molecule has 0 saturated carbocycles. The van der Waals surface area contributed by atoms with Gasteiger partial charge >= 0.3 is 0 Å². The highest BCUT2D eigenvalue weighted by Crippen LogP contribution is 2.22. The van der Waals surface area contributed by atoms with Crippen molar-refractivity contribution in [2.24, 2.45) is 5.92 Å². The largest absolute Gasteiger partial charge is 0.394 e. The quantitative estimate of drug-likeness (QED) is 0.755. The van der Waals surface area contributed by atoms with E-state index in [0.29, 0.717) is 11.7 Å². The van der Waals surface area contributed by atoms with Gasteiger partial charge in [-0.1, -0.05) is 34.6 Å². The minimum absolute atomic E-state index is 0.0135. The second-order valence-electron chi connectivity index (χ2n) is 5.48. The van der Waals surface area contributed by atoms with Gasteiger partial charge < -0.3 is 10.4 Å². The number of carbonyl (C=O) groups is 1. The van der Waals surface area contributed by atoms with Crippen molar-refractivity contribution < 1.29 is 9.90 Å². The van der Waals surface area contributed by atoms with E-state index in [4.69, 9.17) is 5.11 Å². The fourth-order valence-electron chi connectivity index (χ4n) is 1.30. The molecule has 0 aromatic rings. The topological polar surface area (TPSA) is 49.3 Å². The van der Waals surface area contributed by atoms with E-state index >= 15 is 0 Å². The highest BCUT2D eigenvalue weighted by Gasteiger charge is 2.16. The van der Waals surface area contributed by atoms with Gasteiger partial charge in [0.25, 0.3) is 0 Å².